The number of sulfone groups is 1. The highest BCUT2D eigenvalue weighted by atomic mass is 32.2. The second-order valence-corrected chi connectivity index (χ2v) is 7.78. The average Bonchev–Trinajstić information content (AvgIpc) is 2.78. The van der Waals surface area contributed by atoms with Gasteiger partial charge < -0.3 is 9.64 Å². The number of rotatable bonds is 4. The summed E-state index contributed by atoms with van der Waals surface area (Å²) in [6, 6.07) is 5.49. The highest BCUT2D eigenvalue weighted by molar-refractivity contribution is 7.91. The minimum absolute atomic E-state index is 0.0696. The Hall–Kier alpha value is -1.56. The van der Waals surface area contributed by atoms with Crippen LogP contribution in [0.4, 0.5) is 0 Å². The topological polar surface area (TPSA) is 63.7 Å². The minimum Gasteiger partial charge on any atom is -0.496 e. The van der Waals surface area contributed by atoms with Crippen molar-refractivity contribution in [1.29, 1.82) is 0 Å². The number of hydrogen-bond acceptors (Lipinski definition) is 4. The molecule has 1 aliphatic heterocycles. The smallest absolute Gasteiger partial charge is 0.227 e. The summed E-state index contributed by atoms with van der Waals surface area (Å²) in [5, 5.41) is 0. The lowest BCUT2D eigenvalue weighted by Crippen LogP contribution is -2.38. The second-order valence-electron chi connectivity index (χ2n) is 5.55. The van der Waals surface area contributed by atoms with Gasteiger partial charge in [0.1, 0.15) is 5.75 Å². The Morgan fingerprint density at radius 1 is 1.43 bits per heavy atom. The molecular formula is C15H21NO4S. The maximum Gasteiger partial charge on any atom is 0.227 e. The Labute approximate surface area is 125 Å². The quantitative estimate of drug-likeness (QED) is 0.838. The van der Waals surface area contributed by atoms with E-state index in [0.717, 1.165) is 11.1 Å². The van der Waals surface area contributed by atoms with Gasteiger partial charge in [0, 0.05) is 18.7 Å². The maximum absolute atomic E-state index is 12.4. The molecule has 1 aromatic rings. The predicted molar refractivity (Wildman–Crippen MR) is 81.3 cm³/mol. The molecule has 0 radical (unpaired) electrons. The van der Waals surface area contributed by atoms with Crippen molar-refractivity contribution in [2.45, 2.75) is 25.8 Å². The van der Waals surface area contributed by atoms with Crippen molar-refractivity contribution in [3.05, 3.63) is 29.3 Å². The van der Waals surface area contributed by atoms with Gasteiger partial charge in [-0.25, -0.2) is 8.42 Å². The third-order valence-electron chi connectivity index (χ3n) is 3.93. The van der Waals surface area contributed by atoms with E-state index in [1.165, 1.54) is 0 Å². The van der Waals surface area contributed by atoms with Crippen molar-refractivity contribution in [2.24, 2.45) is 0 Å². The van der Waals surface area contributed by atoms with Crippen LogP contribution in [0.1, 0.15) is 17.5 Å². The molecule has 1 fully saturated rings. The van der Waals surface area contributed by atoms with Gasteiger partial charge in [-0.2, -0.15) is 0 Å². The van der Waals surface area contributed by atoms with Gasteiger partial charge in [-0.3, -0.25) is 4.79 Å². The summed E-state index contributed by atoms with van der Waals surface area (Å²) in [5.41, 5.74) is 1.89. The number of ether oxygens (including phenoxy) is 1. The lowest BCUT2D eigenvalue weighted by molar-refractivity contribution is -0.130. The lowest BCUT2D eigenvalue weighted by Gasteiger charge is -2.24. The first-order chi connectivity index (χ1) is 9.82. The normalized spacial score (nSPS) is 20.2. The standard InChI is InChI=1S/C15H21NO4S/c1-11-4-5-14(20-3)12(8-11)9-15(17)16(2)13-6-7-21(18,19)10-13/h4-5,8,13H,6-7,9-10H2,1-3H3/t13-/m0/s1. The van der Waals surface area contributed by atoms with E-state index in [4.69, 9.17) is 4.74 Å². The number of amides is 1. The predicted octanol–water partition coefficient (Wildman–Crippen LogP) is 1.19. The van der Waals surface area contributed by atoms with Crippen LogP contribution in [-0.2, 0) is 21.1 Å². The summed E-state index contributed by atoms with van der Waals surface area (Å²) < 4.78 is 28.3. The Morgan fingerprint density at radius 3 is 2.71 bits per heavy atom. The highest BCUT2D eigenvalue weighted by Crippen LogP contribution is 2.22. The largest absolute Gasteiger partial charge is 0.496 e. The van der Waals surface area contributed by atoms with Crippen LogP contribution in [0.15, 0.2) is 18.2 Å². The van der Waals surface area contributed by atoms with Crippen molar-refractivity contribution in [1.82, 2.24) is 4.90 Å². The number of carbonyl (C=O) groups excluding carboxylic acids is 1. The van der Waals surface area contributed by atoms with Crippen LogP contribution in [0.3, 0.4) is 0 Å². The van der Waals surface area contributed by atoms with Crippen molar-refractivity contribution in [3.8, 4) is 5.75 Å². The highest BCUT2D eigenvalue weighted by Gasteiger charge is 2.32. The SMILES string of the molecule is COc1ccc(C)cc1CC(=O)N(C)[C@H]1CCS(=O)(=O)C1. The van der Waals surface area contributed by atoms with E-state index in [1.807, 2.05) is 25.1 Å². The van der Waals surface area contributed by atoms with Crippen molar-refractivity contribution < 1.29 is 17.9 Å². The average molecular weight is 311 g/mol. The number of likely N-dealkylation sites (N-methyl/N-ethyl adjacent to an activating group) is 1. The van der Waals surface area contributed by atoms with E-state index >= 15 is 0 Å². The molecule has 1 amide bonds. The molecular weight excluding hydrogens is 290 g/mol. The minimum atomic E-state index is -2.98. The third-order valence-corrected chi connectivity index (χ3v) is 5.68. The number of hydrogen-bond donors (Lipinski definition) is 0. The molecule has 0 saturated carbocycles. The summed E-state index contributed by atoms with van der Waals surface area (Å²) >= 11 is 0. The number of methoxy groups -OCH3 is 1. The number of aryl methyl sites for hydroxylation is 1. The fourth-order valence-electron chi connectivity index (χ4n) is 2.62. The fraction of sp³-hybridized carbons (Fsp3) is 0.533. The zero-order chi connectivity index (χ0) is 15.6. The van der Waals surface area contributed by atoms with E-state index in [1.54, 1.807) is 19.1 Å². The van der Waals surface area contributed by atoms with Crippen molar-refractivity contribution >= 4 is 15.7 Å². The Bertz CT molecular complexity index is 639. The first-order valence-electron chi connectivity index (χ1n) is 6.92. The van der Waals surface area contributed by atoms with Gasteiger partial charge in [-0.1, -0.05) is 17.7 Å². The molecule has 6 heteroatoms. The number of nitrogens with zero attached hydrogens (tertiary/aromatic N) is 1. The molecule has 0 unspecified atom stereocenters. The molecule has 0 spiro atoms. The van der Waals surface area contributed by atoms with Gasteiger partial charge in [0.2, 0.25) is 5.91 Å². The van der Waals surface area contributed by atoms with Gasteiger partial charge >= 0.3 is 0 Å². The molecule has 0 bridgehead atoms. The molecule has 1 saturated heterocycles. The maximum atomic E-state index is 12.4. The fourth-order valence-corrected chi connectivity index (χ4v) is 4.39. The first kappa shape index (κ1) is 15.8. The Morgan fingerprint density at radius 2 is 2.14 bits per heavy atom. The summed E-state index contributed by atoms with van der Waals surface area (Å²) in [4.78, 5) is 13.9. The van der Waals surface area contributed by atoms with E-state index in [-0.39, 0.29) is 29.9 Å². The van der Waals surface area contributed by atoms with E-state index in [9.17, 15) is 13.2 Å². The summed E-state index contributed by atoms with van der Waals surface area (Å²) in [5.74, 6) is 0.839. The van der Waals surface area contributed by atoms with Crippen LogP contribution in [0, 0.1) is 6.92 Å². The second kappa shape index (κ2) is 6.05. The molecule has 0 aromatic heterocycles. The van der Waals surface area contributed by atoms with Crippen LogP contribution in [0.5, 0.6) is 5.75 Å². The summed E-state index contributed by atoms with van der Waals surface area (Å²) in [7, 11) is 0.267. The molecule has 0 aliphatic carbocycles. The third kappa shape index (κ3) is 3.75. The monoisotopic (exact) mass is 311 g/mol. The van der Waals surface area contributed by atoms with Crippen molar-refractivity contribution in [2.75, 3.05) is 25.7 Å². The van der Waals surface area contributed by atoms with Crippen LogP contribution < -0.4 is 4.74 Å². The number of carbonyl (C=O) groups is 1. The molecule has 0 N–H and O–H groups in total. The van der Waals surface area contributed by atoms with Gasteiger partial charge in [0.25, 0.3) is 0 Å². The molecule has 116 valence electrons. The van der Waals surface area contributed by atoms with Gasteiger partial charge in [-0.05, 0) is 19.4 Å². The van der Waals surface area contributed by atoms with Crippen LogP contribution in [-0.4, -0.2) is 50.9 Å². The zero-order valence-electron chi connectivity index (χ0n) is 12.6. The first-order valence-corrected chi connectivity index (χ1v) is 8.74. The summed E-state index contributed by atoms with van der Waals surface area (Å²) in [6.07, 6.45) is 0.743. The molecule has 1 atom stereocenters. The Kier molecular flexibility index (Phi) is 4.56. The number of benzene rings is 1. The van der Waals surface area contributed by atoms with Gasteiger partial charge in [-0.15, -0.1) is 0 Å². The van der Waals surface area contributed by atoms with Crippen LogP contribution in [0.2, 0.25) is 0 Å². The van der Waals surface area contributed by atoms with Crippen molar-refractivity contribution in [3.63, 3.8) is 0 Å². The van der Waals surface area contributed by atoms with E-state index in [2.05, 4.69) is 0 Å². The van der Waals surface area contributed by atoms with Crippen LogP contribution >= 0.6 is 0 Å². The Balaban J connectivity index is 2.09. The van der Waals surface area contributed by atoms with Gasteiger partial charge in [0.05, 0.1) is 25.0 Å². The van der Waals surface area contributed by atoms with Crippen LogP contribution in [0.25, 0.3) is 0 Å². The molecule has 1 heterocycles. The zero-order valence-corrected chi connectivity index (χ0v) is 13.4. The molecule has 2 rings (SSSR count). The molecule has 1 aromatic carbocycles. The van der Waals surface area contributed by atoms with E-state index < -0.39 is 9.84 Å². The lowest BCUT2D eigenvalue weighted by atomic mass is 10.1. The molecule has 5 nitrogen and oxygen atoms in total. The molecule has 21 heavy (non-hydrogen) atoms. The summed E-state index contributed by atoms with van der Waals surface area (Å²) in [6.45, 7) is 1.96. The van der Waals surface area contributed by atoms with Gasteiger partial charge in [0.15, 0.2) is 9.84 Å². The van der Waals surface area contributed by atoms with E-state index in [0.29, 0.717) is 12.2 Å². The molecule has 1 aliphatic rings.